The Hall–Kier alpha value is -1.38. The van der Waals surface area contributed by atoms with Crippen molar-refractivity contribution in [3.8, 4) is 0 Å². The van der Waals surface area contributed by atoms with Crippen molar-refractivity contribution in [2.45, 2.75) is 19.3 Å². The summed E-state index contributed by atoms with van der Waals surface area (Å²) in [5, 5.41) is 2.83. The molecule has 3 nitrogen and oxygen atoms in total. The molecule has 3 heteroatoms. The highest BCUT2D eigenvalue weighted by molar-refractivity contribution is 5.93. The van der Waals surface area contributed by atoms with Crippen LogP contribution in [0, 0.1) is 6.92 Å². The summed E-state index contributed by atoms with van der Waals surface area (Å²) in [6.07, 6.45) is 6.17. The number of carbonyl (C=O) groups is 1. The number of amides is 1. The van der Waals surface area contributed by atoms with Crippen molar-refractivity contribution in [3.05, 3.63) is 37.0 Å². The fourth-order valence-corrected chi connectivity index (χ4v) is 1.10. The third-order valence-corrected chi connectivity index (χ3v) is 1.89. The normalized spacial score (nSPS) is 9.79. The van der Waals surface area contributed by atoms with Crippen LogP contribution < -0.4 is 5.32 Å². The fourth-order valence-electron chi connectivity index (χ4n) is 1.10. The molecule has 0 saturated heterocycles. The topological polar surface area (TPSA) is 42.0 Å². The van der Waals surface area contributed by atoms with E-state index in [1.165, 1.54) is 0 Å². The Labute approximate surface area is 84.6 Å². The first kappa shape index (κ1) is 10.7. The molecule has 1 heterocycles. The van der Waals surface area contributed by atoms with Crippen LogP contribution in [0.3, 0.4) is 0 Å². The number of unbranched alkanes of at least 4 members (excludes halogenated alkanes) is 2. The van der Waals surface area contributed by atoms with Crippen LogP contribution in [0.5, 0.6) is 0 Å². The Morgan fingerprint density at radius 1 is 1.50 bits per heavy atom. The first-order chi connectivity index (χ1) is 6.84. The third kappa shape index (κ3) is 3.56. The summed E-state index contributed by atoms with van der Waals surface area (Å²) in [4.78, 5) is 15.3. The number of hydrogen-bond acceptors (Lipinski definition) is 2. The van der Waals surface area contributed by atoms with Gasteiger partial charge >= 0.3 is 0 Å². The molecular formula is C11H15N2O. The van der Waals surface area contributed by atoms with Crippen LogP contribution in [-0.2, 0) is 0 Å². The predicted molar refractivity (Wildman–Crippen MR) is 55.8 cm³/mol. The fraction of sp³-hybridized carbons (Fsp3) is 0.364. The highest BCUT2D eigenvalue weighted by atomic mass is 16.1. The highest BCUT2D eigenvalue weighted by Gasteiger charge is 2.02. The van der Waals surface area contributed by atoms with E-state index < -0.39 is 0 Å². The average molecular weight is 191 g/mol. The highest BCUT2D eigenvalue weighted by Crippen LogP contribution is 1.96. The maximum Gasteiger partial charge on any atom is 0.252 e. The molecule has 1 aromatic heterocycles. The summed E-state index contributed by atoms with van der Waals surface area (Å²) < 4.78 is 0. The second kappa shape index (κ2) is 6.13. The molecule has 1 N–H and O–H groups in total. The van der Waals surface area contributed by atoms with Crippen LogP contribution in [0.1, 0.15) is 29.6 Å². The Morgan fingerprint density at radius 2 is 2.36 bits per heavy atom. The minimum Gasteiger partial charge on any atom is -0.352 e. The smallest absolute Gasteiger partial charge is 0.252 e. The second-order valence-electron chi connectivity index (χ2n) is 3.06. The van der Waals surface area contributed by atoms with Crippen LogP contribution in [0.15, 0.2) is 24.5 Å². The lowest BCUT2D eigenvalue weighted by Crippen LogP contribution is -2.24. The number of rotatable bonds is 5. The van der Waals surface area contributed by atoms with Gasteiger partial charge in [-0.25, -0.2) is 0 Å². The van der Waals surface area contributed by atoms with Gasteiger partial charge in [0, 0.05) is 18.9 Å². The van der Waals surface area contributed by atoms with Crippen LogP contribution in [-0.4, -0.2) is 17.4 Å². The van der Waals surface area contributed by atoms with Crippen molar-refractivity contribution >= 4 is 5.91 Å². The molecule has 0 unspecified atom stereocenters. The summed E-state index contributed by atoms with van der Waals surface area (Å²) in [6, 6.07) is 3.51. The van der Waals surface area contributed by atoms with Crippen molar-refractivity contribution in [3.63, 3.8) is 0 Å². The van der Waals surface area contributed by atoms with Crippen molar-refractivity contribution < 1.29 is 4.79 Å². The van der Waals surface area contributed by atoms with Gasteiger partial charge in [-0.15, -0.1) is 0 Å². The van der Waals surface area contributed by atoms with E-state index in [1.54, 1.807) is 24.5 Å². The summed E-state index contributed by atoms with van der Waals surface area (Å²) >= 11 is 0. The zero-order valence-electron chi connectivity index (χ0n) is 8.20. The van der Waals surface area contributed by atoms with Crippen LogP contribution >= 0.6 is 0 Å². The lowest BCUT2D eigenvalue weighted by atomic mass is 10.2. The van der Waals surface area contributed by atoms with E-state index in [4.69, 9.17) is 0 Å². The summed E-state index contributed by atoms with van der Waals surface area (Å²) in [7, 11) is 0. The van der Waals surface area contributed by atoms with E-state index in [9.17, 15) is 4.79 Å². The van der Waals surface area contributed by atoms with Crippen molar-refractivity contribution in [2.75, 3.05) is 6.54 Å². The molecule has 14 heavy (non-hydrogen) atoms. The maximum absolute atomic E-state index is 11.4. The zero-order valence-corrected chi connectivity index (χ0v) is 8.20. The molecule has 75 valence electrons. The van der Waals surface area contributed by atoms with Crippen LogP contribution in [0.4, 0.5) is 0 Å². The van der Waals surface area contributed by atoms with E-state index in [0.29, 0.717) is 12.1 Å². The van der Waals surface area contributed by atoms with Crippen molar-refractivity contribution in [2.24, 2.45) is 0 Å². The Morgan fingerprint density at radius 3 is 3.00 bits per heavy atom. The van der Waals surface area contributed by atoms with E-state index in [1.807, 2.05) is 0 Å². The van der Waals surface area contributed by atoms with Gasteiger partial charge < -0.3 is 5.32 Å². The van der Waals surface area contributed by atoms with Gasteiger partial charge in [-0.05, 0) is 18.6 Å². The average Bonchev–Trinajstić information content (AvgIpc) is 2.25. The molecule has 0 fully saturated rings. The largest absolute Gasteiger partial charge is 0.352 e. The van der Waals surface area contributed by atoms with Crippen molar-refractivity contribution in [1.29, 1.82) is 0 Å². The van der Waals surface area contributed by atoms with Crippen LogP contribution in [0.25, 0.3) is 0 Å². The van der Waals surface area contributed by atoms with Crippen LogP contribution in [0.2, 0.25) is 0 Å². The van der Waals surface area contributed by atoms with E-state index >= 15 is 0 Å². The molecular weight excluding hydrogens is 176 g/mol. The molecule has 0 saturated carbocycles. The van der Waals surface area contributed by atoms with Gasteiger partial charge in [-0.2, -0.15) is 0 Å². The number of nitrogens with zero attached hydrogens (tertiary/aromatic N) is 1. The third-order valence-electron chi connectivity index (χ3n) is 1.89. The molecule has 0 bridgehead atoms. The molecule has 0 spiro atoms. The maximum atomic E-state index is 11.4. The quantitative estimate of drug-likeness (QED) is 0.721. The Kier molecular flexibility index (Phi) is 4.69. The number of hydrogen-bond donors (Lipinski definition) is 1. The number of aromatic nitrogens is 1. The van der Waals surface area contributed by atoms with Gasteiger partial charge in [-0.1, -0.05) is 19.8 Å². The lowest BCUT2D eigenvalue weighted by Gasteiger charge is -2.03. The minimum atomic E-state index is -0.0536. The van der Waals surface area contributed by atoms with E-state index in [0.717, 1.165) is 19.3 Å². The van der Waals surface area contributed by atoms with E-state index in [-0.39, 0.29) is 5.91 Å². The summed E-state index contributed by atoms with van der Waals surface area (Å²) in [5.74, 6) is -0.0536. The number of carbonyl (C=O) groups excluding carboxylic acids is 1. The Balaban J connectivity index is 2.29. The minimum absolute atomic E-state index is 0.0536. The zero-order chi connectivity index (χ0) is 10.2. The number of pyridine rings is 1. The van der Waals surface area contributed by atoms with Crippen molar-refractivity contribution in [1.82, 2.24) is 10.3 Å². The first-order valence-electron chi connectivity index (χ1n) is 4.82. The van der Waals surface area contributed by atoms with Gasteiger partial charge in [-0.3, -0.25) is 9.78 Å². The molecule has 0 aliphatic carbocycles. The standard InChI is InChI=1S/C11H15N2O/c1-2-3-4-8-13-11(14)10-6-5-7-12-9-10/h5-7,9H,1-4,8H2,(H,13,14). The Bertz CT molecular complexity index is 272. The summed E-state index contributed by atoms with van der Waals surface area (Å²) in [6.45, 7) is 4.45. The molecule has 0 aliphatic rings. The molecule has 1 aromatic rings. The summed E-state index contributed by atoms with van der Waals surface area (Å²) in [5.41, 5.74) is 0.613. The first-order valence-corrected chi connectivity index (χ1v) is 4.82. The van der Waals surface area contributed by atoms with Gasteiger partial charge in [0.05, 0.1) is 5.56 Å². The van der Waals surface area contributed by atoms with Gasteiger partial charge in [0.25, 0.3) is 5.91 Å². The van der Waals surface area contributed by atoms with E-state index in [2.05, 4.69) is 17.2 Å². The SMILES string of the molecule is [CH2]CCCCNC(=O)c1cccnc1. The predicted octanol–water partition coefficient (Wildman–Crippen LogP) is 1.82. The second-order valence-corrected chi connectivity index (χ2v) is 3.06. The molecule has 0 aliphatic heterocycles. The number of nitrogens with one attached hydrogen (secondary N) is 1. The molecule has 0 atom stereocenters. The molecule has 1 rings (SSSR count). The van der Waals surface area contributed by atoms with Gasteiger partial charge in [0.15, 0.2) is 0 Å². The monoisotopic (exact) mass is 191 g/mol. The van der Waals surface area contributed by atoms with Gasteiger partial charge in [0.1, 0.15) is 0 Å². The van der Waals surface area contributed by atoms with Gasteiger partial charge in [0.2, 0.25) is 0 Å². The molecule has 1 amide bonds. The molecule has 1 radical (unpaired) electrons. The molecule has 0 aromatic carbocycles. The lowest BCUT2D eigenvalue weighted by molar-refractivity contribution is 0.0952.